The average Bonchev–Trinajstić information content (AvgIpc) is 3.00. The fraction of sp³-hybridized carbons (Fsp3) is 0.714. The maximum Gasteiger partial charge on any atom is 0.186 e. The van der Waals surface area contributed by atoms with E-state index in [0.29, 0.717) is 23.9 Å². The molecule has 18 heavy (non-hydrogen) atoms. The normalized spacial score (nSPS) is 29.8. The van der Waals surface area contributed by atoms with Crippen LogP contribution in [0.25, 0.3) is 0 Å². The lowest BCUT2D eigenvalue weighted by molar-refractivity contribution is 0.347. The number of aromatic nitrogens is 2. The molecule has 2 saturated carbocycles. The minimum absolute atomic E-state index is 0.275. The van der Waals surface area contributed by atoms with Gasteiger partial charge in [0.25, 0.3) is 0 Å². The topological polar surface area (TPSA) is 37.8 Å². The van der Waals surface area contributed by atoms with E-state index in [-0.39, 0.29) is 5.82 Å². The summed E-state index contributed by atoms with van der Waals surface area (Å²) in [5.41, 5.74) is 0.500. The molecule has 2 aliphatic rings. The van der Waals surface area contributed by atoms with E-state index >= 15 is 0 Å². The van der Waals surface area contributed by atoms with Crippen LogP contribution < -0.4 is 5.32 Å². The molecular formula is C14H20FN3. The quantitative estimate of drug-likeness (QED) is 0.891. The Bertz CT molecular complexity index is 435. The van der Waals surface area contributed by atoms with Crippen molar-refractivity contribution in [3.63, 3.8) is 0 Å². The highest BCUT2D eigenvalue weighted by Gasteiger charge is 2.39. The van der Waals surface area contributed by atoms with Gasteiger partial charge in [-0.2, -0.15) is 0 Å². The number of aryl methyl sites for hydroxylation is 1. The number of nitrogens with one attached hydrogen (secondary N) is 1. The first kappa shape index (κ1) is 11.9. The molecular weight excluding hydrogens is 229 g/mol. The smallest absolute Gasteiger partial charge is 0.186 e. The molecule has 1 aromatic rings. The van der Waals surface area contributed by atoms with Crippen LogP contribution in [0, 0.1) is 23.6 Å². The zero-order valence-corrected chi connectivity index (χ0v) is 10.8. The van der Waals surface area contributed by atoms with Crippen LogP contribution in [-0.4, -0.2) is 16.5 Å². The molecule has 3 atom stereocenters. The summed E-state index contributed by atoms with van der Waals surface area (Å²) in [6.07, 6.45) is 7.53. The monoisotopic (exact) mass is 249 g/mol. The van der Waals surface area contributed by atoms with E-state index < -0.39 is 0 Å². The minimum Gasteiger partial charge on any atom is -0.367 e. The Morgan fingerprint density at radius 3 is 2.89 bits per heavy atom. The summed E-state index contributed by atoms with van der Waals surface area (Å²) in [5.74, 6) is 2.61. The zero-order valence-electron chi connectivity index (χ0n) is 10.8. The lowest BCUT2D eigenvalue weighted by Gasteiger charge is -2.22. The van der Waals surface area contributed by atoms with Gasteiger partial charge in [0.05, 0.1) is 5.69 Å². The number of hydrogen-bond acceptors (Lipinski definition) is 3. The largest absolute Gasteiger partial charge is 0.367 e. The summed E-state index contributed by atoms with van der Waals surface area (Å²) in [5, 5.41) is 3.19. The molecule has 0 spiro atoms. The van der Waals surface area contributed by atoms with Gasteiger partial charge in [0.2, 0.25) is 0 Å². The molecule has 1 aromatic heterocycles. The van der Waals surface area contributed by atoms with Crippen molar-refractivity contribution in [2.75, 3.05) is 11.9 Å². The van der Waals surface area contributed by atoms with Crippen LogP contribution in [0.15, 0.2) is 6.33 Å². The van der Waals surface area contributed by atoms with E-state index in [1.807, 2.05) is 6.92 Å². The molecule has 2 fully saturated rings. The maximum absolute atomic E-state index is 13.9. The van der Waals surface area contributed by atoms with Gasteiger partial charge in [0.15, 0.2) is 11.6 Å². The lowest BCUT2D eigenvalue weighted by Crippen LogP contribution is -2.21. The van der Waals surface area contributed by atoms with Crippen molar-refractivity contribution in [3.8, 4) is 0 Å². The van der Waals surface area contributed by atoms with Gasteiger partial charge >= 0.3 is 0 Å². The second kappa shape index (κ2) is 4.82. The third kappa shape index (κ3) is 2.08. The van der Waals surface area contributed by atoms with Crippen molar-refractivity contribution in [1.82, 2.24) is 9.97 Å². The molecule has 3 nitrogen and oxygen atoms in total. The Labute approximate surface area is 107 Å². The Morgan fingerprint density at radius 2 is 2.22 bits per heavy atom. The molecule has 1 N–H and O–H groups in total. The number of nitrogens with zero attached hydrogens (tertiary/aromatic N) is 2. The molecule has 0 saturated heterocycles. The fourth-order valence-electron chi connectivity index (χ4n) is 3.63. The fourth-order valence-corrected chi connectivity index (χ4v) is 3.63. The molecule has 3 rings (SSSR count). The summed E-state index contributed by atoms with van der Waals surface area (Å²) in [6.45, 7) is 2.77. The van der Waals surface area contributed by atoms with Crippen molar-refractivity contribution in [2.24, 2.45) is 17.8 Å². The van der Waals surface area contributed by atoms with E-state index in [2.05, 4.69) is 15.3 Å². The van der Waals surface area contributed by atoms with Gasteiger partial charge in [0.1, 0.15) is 6.33 Å². The predicted molar refractivity (Wildman–Crippen MR) is 68.8 cm³/mol. The third-order valence-corrected chi connectivity index (χ3v) is 4.61. The van der Waals surface area contributed by atoms with Gasteiger partial charge in [-0.1, -0.05) is 13.3 Å². The summed E-state index contributed by atoms with van der Waals surface area (Å²) < 4.78 is 13.9. The van der Waals surface area contributed by atoms with Crippen molar-refractivity contribution in [3.05, 3.63) is 17.8 Å². The van der Waals surface area contributed by atoms with Gasteiger partial charge in [-0.25, -0.2) is 14.4 Å². The van der Waals surface area contributed by atoms with Gasteiger partial charge in [0, 0.05) is 6.54 Å². The van der Waals surface area contributed by atoms with Crippen molar-refractivity contribution < 1.29 is 4.39 Å². The van der Waals surface area contributed by atoms with E-state index in [0.717, 1.165) is 18.4 Å². The summed E-state index contributed by atoms with van der Waals surface area (Å²) >= 11 is 0. The van der Waals surface area contributed by atoms with Crippen molar-refractivity contribution >= 4 is 5.82 Å². The standard InChI is InChI=1S/C14H20FN3/c1-2-12-13(15)14(18-8-17-12)16-7-11-6-9-3-4-10(11)5-9/h8-11H,2-7H2,1H3,(H,16,17,18). The Balaban J connectivity index is 1.63. The number of halogens is 1. The Morgan fingerprint density at radius 1 is 1.33 bits per heavy atom. The van der Waals surface area contributed by atoms with E-state index in [1.54, 1.807) is 0 Å². The van der Waals surface area contributed by atoms with Gasteiger partial charge in [-0.05, 0) is 43.4 Å². The van der Waals surface area contributed by atoms with Crippen LogP contribution in [0.3, 0.4) is 0 Å². The van der Waals surface area contributed by atoms with Crippen LogP contribution in [-0.2, 0) is 6.42 Å². The molecule has 0 aliphatic heterocycles. The second-order valence-electron chi connectivity index (χ2n) is 5.65. The SMILES string of the molecule is CCc1ncnc(NCC2CC3CCC2C3)c1F. The first-order valence-electron chi connectivity index (χ1n) is 7.01. The Kier molecular flexibility index (Phi) is 3.18. The van der Waals surface area contributed by atoms with Crippen molar-refractivity contribution in [2.45, 2.75) is 39.0 Å². The Hall–Kier alpha value is -1.19. The molecule has 0 radical (unpaired) electrons. The average molecular weight is 249 g/mol. The second-order valence-corrected chi connectivity index (χ2v) is 5.65. The molecule has 3 unspecified atom stereocenters. The molecule has 1 heterocycles. The molecule has 98 valence electrons. The van der Waals surface area contributed by atoms with Crippen LogP contribution in [0.5, 0.6) is 0 Å². The van der Waals surface area contributed by atoms with E-state index in [4.69, 9.17) is 0 Å². The first-order valence-corrected chi connectivity index (χ1v) is 7.01. The van der Waals surface area contributed by atoms with Crippen LogP contribution in [0.4, 0.5) is 10.2 Å². The maximum atomic E-state index is 13.9. The lowest BCUT2D eigenvalue weighted by atomic mass is 9.89. The summed E-state index contributed by atoms with van der Waals surface area (Å²) in [7, 11) is 0. The summed E-state index contributed by atoms with van der Waals surface area (Å²) in [6, 6.07) is 0. The third-order valence-electron chi connectivity index (χ3n) is 4.61. The van der Waals surface area contributed by atoms with Gasteiger partial charge in [-0.15, -0.1) is 0 Å². The molecule has 2 bridgehead atoms. The molecule has 2 aliphatic carbocycles. The summed E-state index contributed by atoms with van der Waals surface area (Å²) in [4.78, 5) is 7.96. The highest BCUT2D eigenvalue weighted by molar-refractivity contribution is 5.37. The number of anilines is 1. The zero-order chi connectivity index (χ0) is 12.5. The van der Waals surface area contributed by atoms with Crippen LogP contribution in [0.2, 0.25) is 0 Å². The number of fused-ring (bicyclic) bond motifs is 2. The first-order chi connectivity index (χ1) is 8.78. The molecule has 4 heteroatoms. The number of hydrogen-bond donors (Lipinski definition) is 1. The molecule has 0 aromatic carbocycles. The van der Waals surface area contributed by atoms with Gasteiger partial charge < -0.3 is 5.32 Å². The molecule has 0 amide bonds. The van der Waals surface area contributed by atoms with Crippen LogP contribution >= 0.6 is 0 Å². The van der Waals surface area contributed by atoms with Gasteiger partial charge in [-0.3, -0.25) is 0 Å². The predicted octanol–water partition coefficient (Wildman–Crippen LogP) is 3.03. The van der Waals surface area contributed by atoms with E-state index in [1.165, 1.54) is 32.0 Å². The highest BCUT2D eigenvalue weighted by Crippen LogP contribution is 2.48. The van der Waals surface area contributed by atoms with Crippen molar-refractivity contribution in [1.29, 1.82) is 0 Å². The van der Waals surface area contributed by atoms with E-state index in [9.17, 15) is 4.39 Å². The number of rotatable bonds is 4. The van der Waals surface area contributed by atoms with Crippen LogP contribution in [0.1, 0.15) is 38.3 Å². The minimum atomic E-state index is -0.275. The highest BCUT2D eigenvalue weighted by atomic mass is 19.1.